The van der Waals surface area contributed by atoms with E-state index in [1.54, 1.807) is 19.2 Å². The molecule has 0 fully saturated rings. The van der Waals surface area contributed by atoms with Crippen molar-refractivity contribution in [1.29, 1.82) is 0 Å². The summed E-state index contributed by atoms with van der Waals surface area (Å²) < 4.78 is 19.7. The molecule has 112 valence electrons. The predicted molar refractivity (Wildman–Crippen MR) is 84.4 cm³/mol. The molecule has 0 saturated carbocycles. The monoisotopic (exact) mass is 287 g/mol. The Kier molecular flexibility index (Phi) is 4.63. The molecule has 2 nitrogen and oxygen atoms in total. The Bertz CT molecular complexity index is 600. The lowest BCUT2D eigenvalue weighted by atomic mass is 9.87. The highest BCUT2D eigenvalue weighted by Crippen LogP contribution is 2.29. The van der Waals surface area contributed by atoms with Gasteiger partial charge in [0.15, 0.2) is 0 Å². The number of benzene rings is 2. The molecule has 0 saturated heterocycles. The van der Waals surface area contributed by atoms with Crippen molar-refractivity contribution in [3.63, 3.8) is 0 Å². The van der Waals surface area contributed by atoms with Crippen LogP contribution in [-0.4, -0.2) is 7.05 Å². The van der Waals surface area contributed by atoms with Gasteiger partial charge in [-0.3, -0.25) is 0 Å². The molecule has 0 radical (unpaired) electrons. The average molecular weight is 287 g/mol. The van der Waals surface area contributed by atoms with Crippen LogP contribution in [0.3, 0.4) is 0 Å². The third-order valence-electron chi connectivity index (χ3n) is 3.38. The molecule has 2 rings (SSSR count). The van der Waals surface area contributed by atoms with E-state index in [-0.39, 0.29) is 11.2 Å². The molecule has 0 spiro atoms. The summed E-state index contributed by atoms with van der Waals surface area (Å²) in [7, 11) is 1.79. The molecule has 21 heavy (non-hydrogen) atoms. The summed E-state index contributed by atoms with van der Waals surface area (Å²) in [6.07, 6.45) is 0. The zero-order chi connectivity index (χ0) is 15.5. The third-order valence-corrected chi connectivity index (χ3v) is 3.38. The van der Waals surface area contributed by atoms with Crippen LogP contribution in [0, 0.1) is 5.82 Å². The quantitative estimate of drug-likeness (QED) is 0.885. The van der Waals surface area contributed by atoms with E-state index in [0.29, 0.717) is 23.6 Å². The molecule has 0 amide bonds. The van der Waals surface area contributed by atoms with Crippen LogP contribution in [-0.2, 0) is 12.0 Å². The molecule has 0 aliphatic rings. The van der Waals surface area contributed by atoms with Gasteiger partial charge in [-0.25, -0.2) is 4.39 Å². The highest BCUT2D eigenvalue weighted by Gasteiger charge is 2.14. The molecule has 0 aliphatic carbocycles. The van der Waals surface area contributed by atoms with Gasteiger partial charge in [0.05, 0.1) is 0 Å². The first kappa shape index (κ1) is 15.5. The SMILES string of the molecule is CNCc1c(F)cccc1Oc1ccc(C(C)(C)C)cc1. The number of hydrogen-bond donors (Lipinski definition) is 1. The summed E-state index contributed by atoms with van der Waals surface area (Å²) >= 11 is 0. The zero-order valence-electron chi connectivity index (χ0n) is 13.0. The van der Waals surface area contributed by atoms with Gasteiger partial charge in [-0.15, -0.1) is 0 Å². The normalized spacial score (nSPS) is 11.5. The van der Waals surface area contributed by atoms with Gasteiger partial charge in [-0.05, 0) is 42.3 Å². The maximum absolute atomic E-state index is 13.8. The van der Waals surface area contributed by atoms with Crippen molar-refractivity contribution in [2.24, 2.45) is 0 Å². The van der Waals surface area contributed by atoms with Gasteiger partial charge >= 0.3 is 0 Å². The zero-order valence-corrected chi connectivity index (χ0v) is 13.0. The number of nitrogens with one attached hydrogen (secondary N) is 1. The van der Waals surface area contributed by atoms with Crippen molar-refractivity contribution in [3.8, 4) is 11.5 Å². The lowest BCUT2D eigenvalue weighted by molar-refractivity contribution is 0.463. The number of ether oxygens (including phenoxy) is 1. The van der Waals surface area contributed by atoms with Gasteiger partial charge in [-0.1, -0.05) is 39.0 Å². The lowest BCUT2D eigenvalue weighted by Gasteiger charge is -2.19. The van der Waals surface area contributed by atoms with Crippen molar-refractivity contribution in [3.05, 3.63) is 59.4 Å². The first-order valence-corrected chi connectivity index (χ1v) is 7.12. The number of rotatable bonds is 4. The van der Waals surface area contributed by atoms with Crippen molar-refractivity contribution in [2.45, 2.75) is 32.7 Å². The Hall–Kier alpha value is -1.87. The number of halogens is 1. The molecule has 1 N–H and O–H groups in total. The Labute approximate surface area is 126 Å². The summed E-state index contributed by atoms with van der Waals surface area (Å²) in [4.78, 5) is 0. The largest absolute Gasteiger partial charge is 0.457 e. The summed E-state index contributed by atoms with van der Waals surface area (Å²) in [5, 5.41) is 2.96. The van der Waals surface area contributed by atoms with Gasteiger partial charge in [0.25, 0.3) is 0 Å². The molecule has 0 aromatic heterocycles. The molecule has 2 aromatic rings. The Morgan fingerprint density at radius 1 is 1.05 bits per heavy atom. The van der Waals surface area contributed by atoms with E-state index in [4.69, 9.17) is 4.74 Å². The van der Waals surface area contributed by atoms with Crippen LogP contribution >= 0.6 is 0 Å². The van der Waals surface area contributed by atoms with Crippen LogP contribution in [0.4, 0.5) is 4.39 Å². The van der Waals surface area contributed by atoms with Gasteiger partial charge in [0, 0.05) is 12.1 Å². The molecule has 0 bridgehead atoms. The second-order valence-electron chi connectivity index (χ2n) is 6.12. The molecular weight excluding hydrogens is 265 g/mol. The van der Waals surface area contributed by atoms with E-state index in [1.165, 1.54) is 11.6 Å². The van der Waals surface area contributed by atoms with E-state index in [1.807, 2.05) is 24.3 Å². The van der Waals surface area contributed by atoms with Crippen molar-refractivity contribution in [2.75, 3.05) is 7.05 Å². The lowest BCUT2D eigenvalue weighted by Crippen LogP contribution is -2.10. The maximum Gasteiger partial charge on any atom is 0.134 e. The van der Waals surface area contributed by atoms with Crippen LogP contribution in [0.15, 0.2) is 42.5 Å². The van der Waals surface area contributed by atoms with Crippen LogP contribution in [0.2, 0.25) is 0 Å². The smallest absolute Gasteiger partial charge is 0.134 e. The molecule has 3 heteroatoms. The molecular formula is C18H22FNO. The fourth-order valence-electron chi connectivity index (χ4n) is 2.13. The summed E-state index contributed by atoms with van der Waals surface area (Å²) in [6.45, 7) is 6.93. The Balaban J connectivity index is 2.24. The second-order valence-corrected chi connectivity index (χ2v) is 6.12. The molecule has 0 aliphatic heterocycles. The first-order chi connectivity index (χ1) is 9.91. The topological polar surface area (TPSA) is 21.3 Å². The Morgan fingerprint density at radius 3 is 2.29 bits per heavy atom. The van der Waals surface area contributed by atoms with E-state index in [2.05, 4.69) is 26.1 Å². The van der Waals surface area contributed by atoms with E-state index >= 15 is 0 Å². The minimum Gasteiger partial charge on any atom is -0.457 e. The van der Waals surface area contributed by atoms with Crippen molar-refractivity contribution in [1.82, 2.24) is 5.32 Å². The summed E-state index contributed by atoms with van der Waals surface area (Å²) in [6, 6.07) is 12.8. The first-order valence-electron chi connectivity index (χ1n) is 7.12. The Morgan fingerprint density at radius 2 is 1.71 bits per heavy atom. The molecule has 0 unspecified atom stereocenters. The highest BCUT2D eigenvalue weighted by molar-refractivity contribution is 5.40. The fourth-order valence-corrected chi connectivity index (χ4v) is 2.13. The van der Waals surface area contributed by atoms with E-state index in [0.717, 1.165) is 0 Å². The van der Waals surface area contributed by atoms with Crippen LogP contribution < -0.4 is 10.1 Å². The summed E-state index contributed by atoms with van der Waals surface area (Å²) in [5.74, 6) is 1.01. The average Bonchev–Trinajstić information content (AvgIpc) is 2.42. The van der Waals surface area contributed by atoms with Crippen LogP contribution in [0.25, 0.3) is 0 Å². The minimum atomic E-state index is -0.256. The minimum absolute atomic E-state index is 0.106. The molecule has 2 aromatic carbocycles. The molecule has 0 atom stereocenters. The molecule has 0 heterocycles. The number of hydrogen-bond acceptors (Lipinski definition) is 2. The van der Waals surface area contributed by atoms with Crippen LogP contribution in [0.5, 0.6) is 11.5 Å². The van der Waals surface area contributed by atoms with Crippen molar-refractivity contribution < 1.29 is 9.13 Å². The summed E-state index contributed by atoms with van der Waals surface area (Å²) in [5.41, 5.74) is 1.89. The maximum atomic E-state index is 13.8. The van der Waals surface area contributed by atoms with Crippen LogP contribution in [0.1, 0.15) is 31.9 Å². The van der Waals surface area contributed by atoms with Gasteiger partial charge in [-0.2, -0.15) is 0 Å². The van der Waals surface area contributed by atoms with E-state index < -0.39 is 0 Å². The van der Waals surface area contributed by atoms with Gasteiger partial charge < -0.3 is 10.1 Å². The highest BCUT2D eigenvalue weighted by atomic mass is 19.1. The second kappa shape index (κ2) is 6.27. The van der Waals surface area contributed by atoms with Gasteiger partial charge in [0.1, 0.15) is 17.3 Å². The third kappa shape index (κ3) is 3.82. The van der Waals surface area contributed by atoms with Gasteiger partial charge in [0.2, 0.25) is 0 Å². The van der Waals surface area contributed by atoms with E-state index in [9.17, 15) is 4.39 Å². The van der Waals surface area contributed by atoms with Crippen molar-refractivity contribution >= 4 is 0 Å². The fraction of sp³-hybridized carbons (Fsp3) is 0.333. The standard InChI is InChI=1S/C18H22FNO/c1-18(2,3)13-8-10-14(11-9-13)21-17-7-5-6-16(19)15(17)12-20-4/h5-11,20H,12H2,1-4H3. The predicted octanol–water partition coefficient (Wildman–Crippen LogP) is 4.63.